The van der Waals surface area contributed by atoms with Gasteiger partial charge in [-0.05, 0) is 55.7 Å². The van der Waals surface area contributed by atoms with Crippen LogP contribution in [0.3, 0.4) is 0 Å². The van der Waals surface area contributed by atoms with Crippen LogP contribution in [-0.4, -0.2) is 29.9 Å². The lowest BCUT2D eigenvalue weighted by molar-refractivity contribution is -0.133. The summed E-state index contributed by atoms with van der Waals surface area (Å²) < 4.78 is 0. The molecule has 0 aromatic heterocycles. The average Bonchev–Trinajstić information content (AvgIpc) is 2.74. The van der Waals surface area contributed by atoms with E-state index in [0.29, 0.717) is 25.9 Å². The zero-order valence-corrected chi connectivity index (χ0v) is 16.8. The van der Waals surface area contributed by atoms with Crippen LogP contribution in [0.2, 0.25) is 0 Å². The lowest BCUT2D eigenvalue weighted by Gasteiger charge is -2.29. The summed E-state index contributed by atoms with van der Waals surface area (Å²) in [4.78, 5) is 24.3. The van der Waals surface area contributed by atoms with Gasteiger partial charge in [-0.25, -0.2) is 0 Å². The summed E-state index contributed by atoms with van der Waals surface area (Å²) in [7, 11) is 0. The van der Waals surface area contributed by atoms with Crippen molar-refractivity contribution in [2.24, 2.45) is 0 Å². The first-order valence-corrected chi connectivity index (χ1v) is 10.5. The topological polar surface area (TPSA) is 61.4 Å². The lowest BCUT2D eigenvalue weighted by atomic mass is 9.97. The fourth-order valence-electron chi connectivity index (χ4n) is 3.63. The van der Waals surface area contributed by atoms with Crippen LogP contribution in [0.15, 0.2) is 42.0 Å². The molecule has 1 aliphatic heterocycles. The third-order valence-electron chi connectivity index (χ3n) is 5.43. The maximum Gasteiger partial charge on any atom is 0.244 e. The number of allylic oxidation sites excluding steroid dienone is 1. The van der Waals surface area contributed by atoms with Gasteiger partial charge in [-0.15, -0.1) is 0 Å². The van der Waals surface area contributed by atoms with Gasteiger partial charge < -0.3 is 5.32 Å². The molecule has 1 heterocycles. The highest BCUT2D eigenvalue weighted by Gasteiger charge is 2.20. The highest BCUT2D eigenvalue weighted by atomic mass is 16.2. The van der Waals surface area contributed by atoms with Crippen LogP contribution in [0.5, 0.6) is 0 Å². The van der Waals surface area contributed by atoms with Crippen molar-refractivity contribution in [1.29, 1.82) is 0 Å². The molecule has 0 fully saturated rings. The van der Waals surface area contributed by atoms with E-state index in [2.05, 4.69) is 48.0 Å². The van der Waals surface area contributed by atoms with Gasteiger partial charge in [0, 0.05) is 19.4 Å². The van der Waals surface area contributed by atoms with Crippen molar-refractivity contribution < 1.29 is 9.59 Å². The van der Waals surface area contributed by atoms with Crippen LogP contribution in [-0.2, 0) is 16.0 Å². The van der Waals surface area contributed by atoms with Gasteiger partial charge in [0.25, 0.3) is 0 Å². The molecule has 150 valence electrons. The van der Waals surface area contributed by atoms with E-state index in [-0.39, 0.29) is 11.8 Å². The second kappa shape index (κ2) is 10.1. The van der Waals surface area contributed by atoms with Crippen LogP contribution in [0.4, 0.5) is 0 Å². The van der Waals surface area contributed by atoms with E-state index in [9.17, 15) is 9.59 Å². The monoisotopic (exact) mass is 381 g/mol. The number of nitrogens with one attached hydrogen (secondary N) is 2. The number of carbonyl (C=O) groups excluding carboxylic acids is 2. The smallest absolute Gasteiger partial charge is 0.244 e. The first-order chi connectivity index (χ1) is 13.7. The van der Waals surface area contributed by atoms with Gasteiger partial charge in [0.2, 0.25) is 11.8 Å². The second-order valence-electron chi connectivity index (χ2n) is 7.49. The van der Waals surface area contributed by atoms with Crippen molar-refractivity contribution in [2.75, 3.05) is 13.1 Å². The molecule has 0 atom stereocenters. The molecule has 3 rings (SSSR count). The highest BCUT2D eigenvalue weighted by Crippen LogP contribution is 2.20. The Hall–Kier alpha value is -2.56. The molecular formula is C23H31N3O2. The number of hydrogen-bond acceptors (Lipinski definition) is 3. The number of rotatable bonds is 8. The van der Waals surface area contributed by atoms with Crippen molar-refractivity contribution >= 4 is 17.5 Å². The van der Waals surface area contributed by atoms with Crippen molar-refractivity contribution in [1.82, 2.24) is 15.8 Å². The van der Waals surface area contributed by atoms with Crippen LogP contribution in [0.1, 0.15) is 63.0 Å². The predicted octanol–water partition coefficient (Wildman–Crippen LogP) is 3.72. The standard InChI is InChI=1S/C23H31N3O2/c1-2-18-8-10-20(11-9-18)21-12-13-23(28)26(25-21)17-15-22(27)24-16-14-19-6-4-3-5-7-19/h6,8-12,25H,2-5,7,13-17H2,1H3,(H,24,27). The third kappa shape index (κ3) is 5.72. The Labute approximate surface area is 167 Å². The first-order valence-electron chi connectivity index (χ1n) is 10.5. The Morgan fingerprint density at radius 3 is 2.71 bits per heavy atom. The summed E-state index contributed by atoms with van der Waals surface area (Å²) in [6, 6.07) is 8.35. The van der Waals surface area contributed by atoms with Gasteiger partial charge in [-0.1, -0.05) is 42.8 Å². The summed E-state index contributed by atoms with van der Waals surface area (Å²) >= 11 is 0. The highest BCUT2D eigenvalue weighted by molar-refractivity contribution is 5.84. The molecule has 0 saturated heterocycles. The van der Waals surface area contributed by atoms with Crippen LogP contribution in [0.25, 0.3) is 5.70 Å². The minimum atomic E-state index is -0.00547. The molecule has 0 bridgehead atoms. The normalized spacial score (nSPS) is 16.9. The number of aryl methyl sites for hydroxylation is 1. The zero-order valence-electron chi connectivity index (χ0n) is 16.8. The SMILES string of the molecule is CCc1ccc(C2=CCC(=O)N(CCC(=O)NCCC3=CCCCC3)N2)cc1. The fraction of sp³-hybridized carbons (Fsp3) is 0.478. The molecule has 2 aliphatic rings. The van der Waals surface area contributed by atoms with Gasteiger partial charge >= 0.3 is 0 Å². The molecule has 0 saturated carbocycles. The molecule has 1 aliphatic carbocycles. The molecule has 5 heteroatoms. The van der Waals surface area contributed by atoms with Gasteiger partial charge in [0.15, 0.2) is 0 Å². The van der Waals surface area contributed by atoms with Gasteiger partial charge in [0.1, 0.15) is 0 Å². The number of amides is 2. The minimum absolute atomic E-state index is 0.00517. The van der Waals surface area contributed by atoms with E-state index >= 15 is 0 Å². The molecule has 28 heavy (non-hydrogen) atoms. The number of hydrogen-bond donors (Lipinski definition) is 2. The van der Waals surface area contributed by atoms with E-state index in [4.69, 9.17) is 0 Å². The number of carbonyl (C=O) groups is 2. The van der Waals surface area contributed by atoms with Crippen LogP contribution >= 0.6 is 0 Å². The Morgan fingerprint density at radius 1 is 1.18 bits per heavy atom. The predicted molar refractivity (Wildman–Crippen MR) is 112 cm³/mol. The number of hydrazine groups is 1. The molecule has 5 nitrogen and oxygen atoms in total. The Morgan fingerprint density at radius 2 is 2.00 bits per heavy atom. The molecule has 2 amide bonds. The van der Waals surface area contributed by atoms with E-state index in [1.165, 1.54) is 30.4 Å². The molecular weight excluding hydrogens is 350 g/mol. The third-order valence-corrected chi connectivity index (χ3v) is 5.43. The molecule has 0 radical (unpaired) electrons. The van der Waals surface area contributed by atoms with Crippen molar-refractivity contribution in [2.45, 2.75) is 58.3 Å². The van der Waals surface area contributed by atoms with Crippen molar-refractivity contribution in [3.8, 4) is 0 Å². The van der Waals surface area contributed by atoms with Crippen molar-refractivity contribution in [3.63, 3.8) is 0 Å². The fourth-order valence-corrected chi connectivity index (χ4v) is 3.63. The summed E-state index contributed by atoms with van der Waals surface area (Å²) in [5.41, 5.74) is 7.90. The molecule has 2 N–H and O–H groups in total. The Kier molecular flexibility index (Phi) is 7.29. The Bertz CT molecular complexity index is 750. The maximum absolute atomic E-state index is 12.2. The molecule has 0 unspecified atom stereocenters. The van der Waals surface area contributed by atoms with E-state index in [1.54, 1.807) is 5.01 Å². The summed E-state index contributed by atoms with van der Waals surface area (Å²) in [6.45, 7) is 3.18. The molecule has 1 aromatic rings. The largest absolute Gasteiger partial charge is 0.356 e. The number of benzene rings is 1. The lowest BCUT2D eigenvalue weighted by Crippen LogP contribution is -2.45. The summed E-state index contributed by atoms with van der Waals surface area (Å²) in [5, 5.41) is 4.54. The summed E-state index contributed by atoms with van der Waals surface area (Å²) in [5.74, 6) is -0.0106. The maximum atomic E-state index is 12.2. The quantitative estimate of drug-likeness (QED) is 0.675. The van der Waals surface area contributed by atoms with Crippen LogP contribution in [0, 0.1) is 0 Å². The zero-order chi connectivity index (χ0) is 19.8. The van der Waals surface area contributed by atoms with Gasteiger partial charge in [0.05, 0.1) is 12.2 Å². The average molecular weight is 382 g/mol. The minimum Gasteiger partial charge on any atom is -0.356 e. The van der Waals surface area contributed by atoms with Crippen molar-refractivity contribution in [3.05, 3.63) is 53.1 Å². The first kappa shape index (κ1) is 20.2. The van der Waals surface area contributed by atoms with E-state index < -0.39 is 0 Å². The summed E-state index contributed by atoms with van der Waals surface area (Å²) in [6.07, 6.45) is 11.7. The molecule has 0 spiro atoms. The van der Waals surface area contributed by atoms with Crippen LogP contribution < -0.4 is 10.7 Å². The van der Waals surface area contributed by atoms with Gasteiger partial charge in [-0.2, -0.15) is 0 Å². The van der Waals surface area contributed by atoms with E-state index in [1.807, 2.05) is 6.08 Å². The second-order valence-corrected chi connectivity index (χ2v) is 7.49. The van der Waals surface area contributed by atoms with E-state index in [0.717, 1.165) is 30.5 Å². The molecule has 1 aromatic carbocycles. The van der Waals surface area contributed by atoms with Gasteiger partial charge in [-0.3, -0.25) is 20.0 Å². The Balaban J connectivity index is 1.44. The number of nitrogens with zero attached hydrogens (tertiary/aromatic N) is 1.